The number of fused-ring (bicyclic) bond motifs is 2. The number of carbonyl (C=O) groups is 1. The van der Waals surface area contributed by atoms with Gasteiger partial charge in [0, 0.05) is 6.42 Å². The molecule has 0 radical (unpaired) electrons. The zero-order valence-corrected chi connectivity index (χ0v) is 12.4. The van der Waals surface area contributed by atoms with E-state index < -0.39 is 23.4 Å². The van der Waals surface area contributed by atoms with Crippen molar-refractivity contribution in [3.63, 3.8) is 0 Å². The van der Waals surface area contributed by atoms with E-state index in [0.29, 0.717) is 12.0 Å². The lowest BCUT2D eigenvalue weighted by Gasteiger charge is -2.27. The molecule has 1 aromatic carbocycles. The van der Waals surface area contributed by atoms with E-state index in [1.807, 2.05) is 0 Å². The molecule has 1 heterocycles. The van der Waals surface area contributed by atoms with Gasteiger partial charge in [-0.3, -0.25) is 9.59 Å². The maximum Gasteiger partial charge on any atom is 0.316 e. The fourth-order valence-electron chi connectivity index (χ4n) is 3.05. The Labute approximate surface area is 130 Å². The molecule has 122 valence electrons. The van der Waals surface area contributed by atoms with Gasteiger partial charge in [0.1, 0.15) is 28.4 Å². The van der Waals surface area contributed by atoms with Crippen molar-refractivity contribution in [3.05, 3.63) is 39.2 Å². The number of methoxy groups -OCH3 is 1. The number of esters is 1. The topological polar surface area (TPSA) is 117 Å². The van der Waals surface area contributed by atoms with Gasteiger partial charge in [0.15, 0.2) is 0 Å². The van der Waals surface area contributed by atoms with Gasteiger partial charge in [0.05, 0.1) is 25.4 Å². The Hall–Kier alpha value is -2.38. The summed E-state index contributed by atoms with van der Waals surface area (Å²) in [5.74, 6) is -1.91. The molecule has 0 aliphatic heterocycles. The molecule has 1 aliphatic carbocycles. The Morgan fingerprint density at radius 2 is 2.17 bits per heavy atom. The van der Waals surface area contributed by atoms with Crippen molar-refractivity contribution in [2.45, 2.75) is 31.5 Å². The highest BCUT2D eigenvalue weighted by Crippen LogP contribution is 2.35. The van der Waals surface area contributed by atoms with Gasteiger partial charge >= 0.3 is 5.97 Å². The number of hydrogen-bond donors (Lipinski definition) is 3. The standard InChI is InChI=1S/C16H16O7/c1-22-16(21)13-8(18)2-3-10-14(13)15(20)12-9(19)4-7(6-17)5-11(12)23-10/h4-5,8,13,17-19H,2-3,6H2,1H3/t8-,13+/m0/s1. The molecule has 0 fully saturated rings. The second-order valence-electron chi connectivity index (χ2n) is 5.52. The highest BCUT2D eigenvalue weighted by Gasteiger charge is 2.39. The van der Waals surface area contributed by atoms with Crippen molar-refractivity contribution < 1.29 is 29.3 Å². The molecule has 2 aromatic rings. The van der Waals surface area contributed by atoms with Crippen molar-refractivity contribution in [1.29, 1.82) is 0 Å². The SMILES string of the molecule is COC(=O)[C@H]1c2c(oc3cc(CO)cc(O)c3c2=O)CC[C@@H]1O. The molecule has 0 amide bonds. The van der Waals surface area contributed by atoms with E-state index in [2.05, 4.69) is 4.74 Å². The second-order valence-corrected chi connectivity index (χ2v) is 5.52. The van der Waals surface area contributed by atoms with E-state index in [4.69, 9.17) is 4.42 Å². The van der Waals surface area contributed by atoms with Crippen LogP contribution in [0, 0.1) is 0 Å². The van der Waals surface area contributed by atoms with Gasteiger partial charge < -0.3 is 24.5 Å². The summed E-state index contributed by atoms with van der Waals surface area (Å²) in [6.45, 7) is -0.312. The zero-order valence-electron chi connectivity index (χ0n) is 12.4. The molecule has 2 atom stereocenters. The highest BCUT2D eigenvalue weighted by molar-refractivity contribution is 5.87. The number of aliphatic hydroxyl groups excluding tert-OH is 2. The van der Waals surface area contributed by atoms with Crippen LogP contribution in [-0.2, 0) is 22.6 Å². The molecule has 3 N–H and O–H groups in total. The Morgan fingerprint density at radius 3 is 2.83 bits per heavy atom. The number of carbonyl (C=O) groups excluding carboxylic acids is 1. The molecular weight excluding hydrogens is 304 g/mol. The summed E-state index contributed by atoms with van der Waals surface area (Å²) in [7, 11) is 1.18. The molecule has 0 bridgehead atoms. The van der Waals surface area contributed by atoms with Crippen LogP contribution in [0.2, 0.25) is 0 Å². The van der Waals surface area contributed by atoms with Crippen LogP contribution in [0.4, 0.5) is 0 Å². The minimum Gasteiger partial charge on any atom is -0.507 e. The normalized spacial score (nSPS) is 20.3. The molecule has 1 aliphatic rings. The van der Waals surface area contributed by atoms with Crippen LogP contribution < -0.4 is 5.43 Å². The third-order valence-corrected chi connectivity index (χ3v) is 4.15. The lowest BCUT2D eigenvalue weighted by Crippen LogP contribution is -2.36. The van der Waals surface area contributed by atoms with E-state index in [9.17, 15) is 24.9 Å². The first-order chi connectivity index (χ1) is 11.0. The van der Waals surface area contributed by atoms with Gasteiger partial charge in [0.2, 0.25) is 5.43 Å². The second kappa shape index (κ2) is 5.68. The summed E-state index contributed by atoms with van der Waals surface area (Å²) in [6, 6.07) is 2.73. The number of phenolic OH excluding ortho intramolecular Hbond substituents is 1. The van der Waals surface area contributed by atoms with Gasteiger partial charge in [-0.1, -0.05) is 0 Å². The Bertz CT molecular complexity index is 836. The summed E-state index contributed by atoms with van der Waals surface area (Å²) < 4.78 is 10.3. The third kappa shape index (κ3) is 2.38. The molecule has 0 saturated carbocycles. The summed E-state index contributed by atoms with van der Waals surface area (Å²) >= 11 is 0. The maximum absolute atomic E-state index is 12.8. The summed E-state index contributed by atoms with van der Waals surface area (Å²) in [6.07, 6.45) is -0.499. The average Bonchev–Trinajstić information content (AvgIpc) is 2.54. The van der Waals surface area contributed by atoms with E-state index in [1.54, 1.807) is 0 Å². The van der Waals surface area contributed by atoms with Crippen LogP contribution in [-0.4, -0.2) is 34.5 Å². The smallest absolute Gasteiger partial charge is 0.316 e. The number of aliphatic hydroxyl groups is 2. The van der Waals surface area contributed by atoms with Gasteiger partial charge in [-0.2, -0.15) is 0 Å². The number of aryl methyl sites for hydroxylation is 1. The first-order valence-corrected chi connectivity index (χ1v) is 7.16. The predicted octanol–water partition coefficient (Wildman–Crippen LogP) is 0.555. The monoisotopic (exact) mass is 320 g/mol. The number of hydrogen-bond acceptors (Lipinski definition) is 7. The van der Waals surface area contributed by atoms with Crippen LogP contribution in [0.5, 0.6) is 5.75 Å². The van der Waals surface area contributed by atoms with Crippen molar-refractivity contribution in [2.75, 3.05) is 7.11 Å². The first-order valence-electron chi connectivity index (χ1n) is 7.16. The molecule has 3 rings (SSSR count). The quantitative estimate of drug-likeness (QED) is 0.692. The van der Waals surface area contributed by atoms with Gasteiger partial charge in [0.25, 0.3) is 0 Å². The zero-order chi connectivity index (χ0) is 16.7. The fourth-order valence-corrected chi connectivity index (χ4v) is 3.05. The predicted molar refractivity (Wildman–Crippen MR) is 79.2 cm³/mol. The molecule has 7 heteroatoms. The van der Waals surface area contributed by atoms with Gasteiger partial charge in [-0.15, -0.1) is 0 Å². The van der Waals surface area contributed by atoms with E-state index in [0.717, 1.165) is 0 Å². The van der Waals surface area contributed by atoms with Gasteiger partial charge in [-0.25, -0.2) is 0 Å². The lowest BCUT2D eigenvalue weighted by atomic mass is 9.83. The van der Waals surface area contributed by atoms with E-state index in [1.165, 1.54) is 19.2 Å². The molecule has 0 saturated heterocycles. The summed E-state index contributed by atoms with van der Waals surface area (Å²) in [5, 5.41) is 29.3. The third-order valence-electron chi connectivity index (χ3n) is 4.15. The summed E-state index contributed by atoms with van der Waals surface area (Å²) in [5.41, 5.74) is -0.0104. The average molecular weight is 320 g/mol. The molecular formula is C16H16O7. The van der Waals surface area contributed by atoms with Crippen molar-refractivity contribution >= 4 is 16.9 Å². The number of phenols is 1. The Morgan fingerprint density at radius 1 is 1.43 bits per heavy atom. The van der Waals surface area contributed by atoms with Crippen molar-refractivity contribution in [1.82, 2.24) is 0 Å². The van der Waals surface area contributed by atoms with Crippen LogP contribution in [0.1, 0.15) is 29.2 Å². The minimum atomic E-state index is -1.14. The van der Waals surface area contributed by atoms with Crippen LogP contribution in [0.3, 0.4) is 0 Å². The Balaban J connectivity index is 2.33. The van der Waals surface area contributed by atoms with Crippen molar-refractivity contribution in [2.24, 2.45) is 0 Å². The lowest BCUT2D eigenvalue weighted by molar-refractivity contribution is -0.145. The number of rotatable bonds is 2. The van der Waals surface area contributed by atoms with E-state index >= 15 is 0 Å². The van der Waals surface area contributed by atoms with Crippen LogP contribution >= 0.6 is 0 Å². The molecule has 23 heavy (non-hydrogen) atoms. The number of ether oxygens (including phenoxy) is 1. The molecule has 0 spiro atoms. The van der Waals surface area contributed by atoms with Crippen molar-refractivity contribution in [3.8, 4) is 5.75 Å². The fraction of sp³-hybridized carbons (Fsp3) is 0.375. The van der Waals surface area contributed by atoms with E-state index in [-0.39, 0.29) is 41.1 Å². The molecule has 1 aromatic heterocycles. The molecule has 7 nitrogen and oxygen atoms in total. The minimum absolute atomic E-state index is 0.0233. The largest absolute Gasteiger partial charge is 0.507 e. The van der Waals surface area contributed by atoms with Crippen LogP contribution in [0.25, 0.3) is 11.0 Å². The number of aromatic hydroxyl groups is 1. The first kappa shape index (κ1) is 15.5. The highest BCUT2D eigenvalue weighted by atomic mass is 16.5. The Kier molecular flexibility index (Phi) is 3.83. The number of benzene rings is 1. The maximum atomic E-state index is 12.8. The van der Waals surface area contributed by atoms with Gasteiger partial charge in [-0.05, 0) is 24.1 Å². The molecule has 0 unspecified atom stereocenters. The summed E-state index contributed by atoms with van der Waals surface area (Å²) in [4.78, 5) is 24.7. The van der Waals surface area contributed by atoms with Crippen LogP contribution in [0.15, 0.2) is 21.3 Å².